The smallest absolute Gasteiger partial charge is 0.0511 e. The van der Waals surface area contributed by atoms with Gasteiger partial charge in [0.15, 0.2) is 0 Å². The second kappa shape index (κ2) is 7.16. The molecule has 1 unspecified atom stereocenters. The fraction of sp³-hybridized carbons (Fsp3) is 0.368. The molecule has 0 aliphatic heterocycles. The Morgan fingerprint density at radius 2 is 1.71 bits per heavy atom. The number of nitrogens with zero attached hydrogens (tertiary/aromatic N) is 1. The molecule has 1 atom stereocenters. The van der Waals surface area contributed by atoms with E-state index in [0.29, 0.717) is 6.04 Å². The molecule has 112 valence electrons. The molecule has 0 aliphatic rings. The molecule has 0 amide bonds. The van der Waals surface area contributed by atoms with Crippen LogP contribution in [-0.4, -0.2) is 14.1 Å². The molecule has 0 heterocycles. The third-order valence-corrected chi connectivity index (χ3v) is 3.90. The fourth-order valence-electron chi connectivity index (χ4n) is 2.48. The van der Waals surface area contributed by atoms with Crippen LogP contribution >= 0.6 is 0 Å². The first-order chi connectivity index (χ1) is 10.1. The largest absolute Gasteiger partial charge is 0.378 e. The quantitative estimate of drug-likeness (QED) is 0.812. The van der Waals surface area contributed by atoms with Crippen LogP contribution in [0.5, 0.6) is 0 Å². The summed E-state index contributed by atoms with van der Waals surface area (Å²) >= 11 is 0. The Labute approximate surface area is 128 Å². The minimum Gasteiger partial charge on any atom is -0.378 e. The molecule has 2 aromatic carbocycles. The van der Waals surface area contributed by atoms with Crippen molar-refractivity contribution >= 4 is 11.4 Å². The highest BCUT2D eigenvalue weighted by Crippen LogP contribution is 2.25. The lowest BCUT2D eigenvalue weighted by molar-refractivity contribution is 0.749. The molecule has 1 N–H and O–H groups in total. The lowest BCUT2D eigenvalue weighted by Gasteiger charge is -2.21. The van der Waals surface area contributed by atoms with Crippen LogP contribution in [-0.2, 0) is 6.42 Å². The van der Waals surface area contributed by atoms with Crippen molar-refractivity contribution < 1.29 is 0 Å². The molecule has 21 heavy (non-hydrogen) atoms. The van der Waals surface area contributed by atoms with E-state index in [2.05, 4.69) is 86.7 Å². The molecule has 0 saturated heterocycles. The van der Waals surface area contributed by atoms with E-state index in [1.165, 1.54) is 22.5 Å². The summed E-state index contributed by atoms with van der Waals surface area (Å²) in [5.41, 5.74) is 5.14. The van der Waals surface area contributed by atoms with Gasteiger partial charge in [0, 0.05) is 25.5 Å². The Hall–Kier alpha value is -1.96. The van der Waals surface area contributed by atoms with Crippen molar-refractivity contribution in [3.8, 4) is 0 Å². The van der Waals surface area contributed by atoms with E-state index in [0.717, 1.165) is 12.8 Å². The highest BCUT2D eigenvalue weighted by Gasteiger charge is 2.09. The Bertz CT molecular complexity index is 558. The minimum absolute atomic E-state index is 0.355. The number of nitrogens with one attached hydrogen (secondary N) is 1. The number of hydrogen-bond donors (Lipinski definition) is 1. The third-order valence-electron chi connectivity index (χ3n) is 3.90. The molecule has 0 spiro atoms. The van der Waals surface area contributed by atoms with Gasteiger partial charge in [-0.1, -0.05) is 44.2 Å². The van der Waals surface area contributed by atoms with Gasteiger partial charge in [0.1, 0.15) is 0 Å². The summed E-state index contributed by atoms with van der Waals surface area (Å²) in [6.45, 7) is 4.42. The van der Waals surface area contributed by atoms with Crippen LogP contribution in [0.2, 0.25) is 0 Å². The average Bonchev–Trinajstić information content (AvgIpc) is 2.53. The summed E-state index contributed by atoms with van der Waals surface area (Å²) in [6.07, 6.45) is 2.16. The van der Waals surface area contributed by atoms with E-state index in [1.807, 2.05) is 0 Å². The van der Waals surface area contributed by atoms with Gasteiger partial charge in [-0.25, -0.2) is 0 Å². The van der Waals surface area contributed by atoms with E-state index in [1.54, 1.807) is 0 Å². The van der Waals surface area contributed by atoms with Gasteiger partial charge in [-0.3, -0.25) is 0 Å². The van der Waals surface area contributed by atoms with E-state index < -0.39 is 0 Å². The standard InChI is InChI=1S/C19H26N2/c1-5-15-10-12-16(13-11-15)19(6-2)20-17-8-7-9-18(14-17)21(3)4/h7-14,19-20H,5-6H2,1-4H3. The summed E-state index contributed by atoms with van der Waals surface area (Å²) in [4.78, 5) is 2.13. The molecule has 0 radical (unpaired) electrons. The maximum Gasteiger partial charge on any atom is 0.0511 e. The molecule has 0 fully saturated rings. The van der Waals surface area contributed by atoms with Crippen molar-refractivity contribution in [2.45, 2.75) is 32.7 Å². The van der Waals surface area contributed by atoms with E-state index >= 15 is 0 Å². The van der Waals surface area contributed by atoms with Crippen molar-refractivity contribution in [1.82, 2.24) is 0 Å². The van der Waals surface area contributed by atoms with Gasteiger partial charge in [0.25, 0.3) is 0 Å². The summed E-state index contributed by atoms with van der Waals surface area (Å²) in [6, 6.07) is 17.9. The lowest BCUT2D eigenvalue weighted by atomic mass is 10.0. The van der Waals surface area contributed by atoms with E-state index in [4.69, 9.17) is 0 Å². The second-order valence-electron chi connectivity index (χ2n) is 5.65. The van der Waals surface area contributed by atoms with Gasteiger partial charge in [0.2, 0.25) is 0 Å². The van der Waals surface area contributed by atoms with Gasteiger partial charge in [-0.2, -0.15) is 0 Å². The molecular weight excluding hydrogens is 256 g/mol. The van der Waals surface area contributed by atoms with Crippen molar-refractivity contribution in [1.29, 1.82) is 0 Å². The Morgan fingerprint density at radius 1 is 1.00 bits per heavy atom. The molecule has 0 bridgehead atoms. The van der Waals surface area contributed by atoms with Crippen LogP contribution in [0, 0.1) is 0 Å². The van der Waals surface area contributed by atoms with Crippen LogP contribution in [0.15, 0.2) is 48.5 Å². The normalized spacial score (nSPS) is 12.0. The van der Waals surface area contributed by atoms with Crippen molar-refractivity contribution in [2.75, 3.05) is 24.3 Å². The topological polar surface area (TPSA) is 15.3 Å². The Morgan fingerprint density at radius 3 is 2.29 bits per heavy atom. The molecular formula is C19H26N2. The first kappa shape index (κ1) is 15.4. The molecule has 0 aromatic heterocycles. The Balaban J connectivity index is 2.16. The molecule has 0 aliphatic carbocycles. The summed E-state index contributed by atoms with van der Waals surface area (Å²) in [7, 11) is 4.14. The Kier molecular flexibility index (Phi) is 5.26. The number of anilines is 2. The zero-order valence-corrected chi connectivity index (χ0v) is 13.6. The summed E-state index contributed by atoms with van der Waals surface area (Å²) in [5, 5.41) is 3.65. The fourth-order valence-corrected chi connectivity index (χ4v) is 2.48. The lowest BCUT2D eigenvalue weighted by Crippen LogP contribution is -2.12. The van der Waals surface area contributed by atoms with E-state index in [-0.39, 0.29) is 0 Å². The van der Waals surface area contributed by atoms with Gasteiger partial charge in [-0.05, 0) is 42.2 Å². The second-order valence-corrected chi connectivity index (χ2v) is 5.65. The summed E-state index contributed by atoms with van der Waals surface area (Å²) in [5.74, 6) is 0. The SMILES string of the molecule is CCc1ccc(C(CC)Nc2cccc(N(C)C)c2)cc1. The maximum absolute atomic E-state index is 3.65. The average molecular weight is 282 g/mol. The van der Waals surface area contributed by atoms with Gasteiger partial charge >= 0.3 is 0 Å². The van der Waals surface area contributed by atoms with Crippen molar-refractivity contribution in [2.24, 2.45) is 0 Å². The zero-order chi connectivity index (χ0) is 15.2. The third kappa shape index (κ3) is 4.01. The van der Waals surface area contributed by atoms with Crippen LogP contribution < -0.4 is 10.2 Å². The number of hydrogen-bond acceptors (Lipinski definition) is 2. The number of aryl methyl sites for hydroxylation is 1. The maximum atomic E-state index is 3.65. The first-order valence-electron chi connectivity index (χ1n) is 7.76. The molecule has 0 saturated carbocycles. The minimum atomic E-state index is 0.355. The van der Waals surface area contributed by atoms with Crippen LogP contribution in [0.4, 0.5) is 11.4 Å². The zero-order valence-electron chi connectivity index (χ0n) is 13.6. The molecule has 2 rings (SSSR count). The van der Waals surface area contributed by atoms with Crippen molar-refractivity contribution in [3.05, 3.63) is 59.7 Å². The van der Waals surface area contributed by atoms with Gasteiger partial charge < -0.3 is 10.2 Å². The monoisotopic (exact) mass is 282 g/mol. The molecule has 2 heteroatoms. The predicted molar refractivity (Wildman–Crippen MR) is 93.2 cm³/mol. The molecule has 2 aromatic rings. The number of benzene rings is 2. The van der Waals surface area contributed by atoms with Gasteiger partial charge in [-0.15, -0.1) is 0 Å². The highest BCUT2D eigenvalue weighted by molar-refractivity contribution is 5.58. The first-order valence-corrected chi connectivity index (χ1v) is 7.76. The van der Waals surface area contributed by atoms with Crippen LogP contribution in [0.3, 0.4) is 0 Å². The van der Waals surface area contributed by atoms with Crippen LogP contribution in [0.25, 0.3) is 0 Å². The predicted octanol–water partition coefficient (Wildman–Crippen LogP) is 4.88. The highest BCUT2D eigenvalue weighted by atomic mass is 15.1. The van der Waals surface area contributed by atoms with Gasteiger partial charge in [0.05, 0.1) is 6.04 Å². The molecule has 2 nitrogen and oxygen atoms in total. The number of rotatable bonds is 6. The van der Waals surface area contributed by atoms with E-state index in [9.17, 15) is 0 Å². The van der Waals surface area contributed by atoms with Crippen LogP contribution in [0.1, 0.15) is 37.4 Å². The summed E-state index contributed by atoms with van der Waals surface area (Å²) < 4.78 is 0. The van der Waals surface area contributed by atoms with Crippen molar-refractivity contribution in [3.63, 3.8) is 0 Å².